The zero-order chi connectivity index (χ0) is 26.7. The summed E-state index contributed by atoms with van der Waals surface area (Å²) in [7, 11) is 3.64. The number of benzene rings is 1. The van der Waals surface area contributed by atoms with Gasteiger partial charge in [-0.1, -0.05) is 32.0 Å². The molecule has 7 heteroatoms. The lowest BCUT2D eigenvalue weighted by Crippen LogP contribution is -2.54. The van der Waals surface area contributed by atoms with Crippen molar-refractivity contribution in [3.63, 3.8) is 0 Å². The van der Waals surface area contributed by atoms with Crippen molar-refractivity contribution in [3.8, 4) is 5.75 Å². The van der Waals surface area contributed by atoms with E-state index in [1.54, 1.807) is 7.11 Å². The highest BCUT2D eigenvalue weighted by atomic mass is 16.5. The number of aliphatic hydroxyl groups is 1. The highest BCUT2D eigenvalue weighted by Gasteiger charge is 2.43. The number of nitrogens with one attached hydrogen (secondary N) is 2. The second-order valence-electron chi connectivity index (χ2n) is 11.5. The smallest absolute Gasteiger partial charge is 0.317 e. The number of rotatable bonds is 14. The second kappa shape index (κ2) is 14.9. The minimum Gasteiger partial charge on any atom is -0.490 e. The van der Waals surface area contributed by atoms with Gasteiger partial charge in [-0.25, -0.2) is 4.79 Å². The summed E-state index contributed by atoms with van der Waals surface area (Å²) >= 11 is 0. The van der Waals surface area contributed by atoms with Crippen LogP contribution in [0, 0.1) is 11.8 Å². The fraction of sp³-hybridized carbons (Fsp3) is 0.767. The lowest BCUT2D eigenvalue weighted by atomic mass is 9.73. The number of urea groups is 1. The first-order valence-electron chi connectivity index (χ1n) is 14.5. The van der Waals surface area contributed by atoms with Crippen LogP contribution < -0.4 is 15.4 Å². The van der Waals surface area contributed by atoms with Gasteiger partial charge in [0, 0.05) is 50.9 Å². The van der Waals surface area contributed by atoms with Gasteiger partial charge in [0.15, 0.2) is 0 Å². The lowest BCUT2D eigenvalue weighted by molar-refractivity contribution is -0.0585. The van der Waals surface area contributed by atoms with Crippen LogP contribution in [0.25, 0.3) is 0 Å². The van der Waals surface area contributed by atoms with Crippen LogP contribution in [0.3, 0.4) is 0 Å². The number of nitrogens with zero attached hydrogens (tertiary/aromatic N) is 1. The van der Waals surface area contributed by atoms with Crippen LogP contribution in [-0.4, -0.2) is 68.6 Å². The Bertz CT molecular complexity index is 814. The van der Waals surface area contributed by atoms with E-state index in [4.69, 9.17) is 9.47 Å². The van der Waals surface area contributed by atoms with Gasteiger partial charge in [0.2, 0.25) is 0 Å². The van der Waals surface area contributed by atoms with Crippen molar-refractivity contribution in [1.29, 1.82) is 0 Å². The quantitative estimate of drug-likeness (QED) is 0.300. The average molecular weight is 518 g/mol. The molecule has 0 radical (unpaired) electrons. The SMILES string of the molecule is CNCC(CC(C)C)NC(=O)N1CCC[C@@H]([C@@](O)(CCCCOC)c2ccccc2OC2CCCC2)C1. The topological polar surface area (TPSA) is 83.1 Å². The number of hydrogen-bond donors (Lipinski definition) is 3. The number of piperidine rings is 1. The van der Waals surface area contributed by atoms with Crippen molar-refractivity contribution in [2.75, 3.05) is 40.4 Å². The Labute approximate surface area is 224 Å². The average Bonchev–Trinajstić information content (AvgIpc) is 3.40. The third kappa shape index (κ3) is 8.59. The molecule has 3 rings (SSSR count). The molecule has 2 amide bonds. The fourth-order valence-electron chi connectivity index (χ4n) is 6.14. The molecule has 1 saturated heterocycles. The summed E-state index contributed by atoms with van der Waals surface area (Å²) in [6.07, 6.45) is 9.82. The molecular formula is C30H51N3O4. The number of likely N-dealkylation sites (N-methyl/N-ethyl adjacent to an activating group) is 1. The van der Waals surface area contributed by atoms with Gasteiger partial charge in [-0.15, -0.1) is 0 Å². The Morgan fingerprint density at radius 1 is 1.16 bits per heavy atom. The van der Waals surface area contributed by atoms with Gasteiger partial charge in [0.05, 0.1) is 11.7 Å². The van der Waals surface area contributed by atoms with E-state index in [0.717, 1.165) is 69.3 Å². The molecular weight excluding hydrogens is 466 g/mol. The van der Waals surface area contributed by atoms with Crippen molar-refractivity contribution in [1.82, 2.24) is 15.5 Å². The van der Waals surface area contributed by atoms with Crippen molar-refractivity contribution >= 4 is 6.03 Å². The molecule has 1 saturated carbocycles. The Kier molecular flexibility index (Phi) is 12.0. The van der Waals surface area contributed by atoms with Gasteiger partial charge < -0.3 is 30.1 Å². The number of unbranched alkanes of at least 4 members (excludes halogenated alkanes) is 1. The summed E-state index contributed by atoms with van der Waals surface area (Å²) in [5.74, 6) is 1.24. The molecule has 1 unspecified atom stereocenters. The van der Waals surface area contributed by atoms with Gasteiger partial charge in [0.1, 0.15) is 5.75 Å². The van der Waals surface area contributed by atoms with Crippen molar-refractivity contribution in [3.05, 3.63) is 29.8 Å². The van der Waals surface area contributed by atoms with Gasteiger partial charge in [-0.2, -0.15) is 0 Å². The molecule has 37 heavy (non-hydrogen) atoms. The number of para-hydroxylation sites is 1. The van der Waals surface area contributed by atoms with E-state index in [2.05, 4.69) is 24.5 Å². The predicted molar refractivity (Wildman–Crippen MR) is 149 cm³/mol. The summed E-state index contributed by atoms with van der Waals surface area (Å²) in [4.78, 5) is 15.2. The number of methoxy groups -OCH3 is 1. The zero-order valence-electron chi connectivity index (χ0n) is 23.6. The number of likely N-dealkylation sites (tertiary alicyclic amines) is 1. The lowest BCUT2D eigenvalue weighted by Gasteiger charge is -2.43. The van der Waals surface area contributed by atoms with Crippen LogP contribution in [0.1, 0.15) is 83.6 Å². The molecule has 7 nitrogen and oxygen atoms in total. The summed E-state index contributed by atoms with van der Waals surface area (Å²) in [6, 6.07) is 8.10. The molecule has 1 aliphatic heterocycles. The van der Waals surface area contributed by atoms with Crippen LogP contribution in [0.15, 0.2) is 24.3 Å². The highest BCUT2D eigenvalue weighted by Crippen LogP contribution is 2.44. The molecule has 0 spiro atoms. The van der Waals surface area contributed by atoms with E-state index in [1.165, 1.54) is 12.8 Å². The minimum absolute atomic E-state index is 0.0252. The Balaban J connectivity index is 1.80. The number of hydrogen-bond acceptors (Lipinski definition) is 5. The molecule has 1 heterocycles. The number of ether oxygens (including phenoxy) is 2. The van der Waals surface area contributed by atoms with Gasteiger partial charge in [-0.3, -0.25) is 0 Å². The van der Waals surface area contributed by atoms with Crippen LogP contribution in [0.5, 0.6) is 5.75 Å². The third-order valence-electron chi connectivity index (χ3n) is 8.02. The van der Waals surface area contributed by atoms with E-state index in [-0.39, 0.29) is 24.1 Å². The van der Waals surface area contributed by atoms with Crippen LogP contribution in [0.2, 0.25) is 0 Å². The van der Waals surface area contributed by atoms with Crippen molar-refractivity contribution in [2.45, 2.75) is 95.8 Å². The molecule has 1 aliphatic carbocycles. The monoisotopic (exact) mass is 517 g/mol. The molecule has 0 aromatic heterocycles. The maximum Gasteiger partial charge on any atom is 0.317 e. The fourth-order valence-corrected chi connectivity index (χ4v) is 6.14. The largest absolute Gasteiger partial charge is 0.490 e. The summed E-state index contributed by atoms with van der Waals surface area (Å²) in [5.41, 5.74) is -0.191. The van der Waals surface area contributed by atoms with E-state index < -0.39 is 5.60 Å². The molecule has 1 aromatic rings. The van der Waals surface area contributed by atoms with Gasteiger partial charge in [0.25, 0.3) is 0 Å². The van der Waals surface area contributed by atoms with E-state index >= 15 is 0 Å². The molecule has 1 aromatic carbocycles. The Morgan fingerprint density at radius 2 is 1.92 bits per heavy atom. The van der Waals surface area contributed by atoms with Crippen LogP contribution in [0.4, 0.5) is 4.79 Å². The predicted octanol–water partition coefficient (Wildman–Crippen LogP) is 5.07. The van der Waals surface area contributed by atoms with Crippen molar-refractivity contribution in [2.24, 2.45) is 11.8 Å². The minimum atomic E-state index is -1.07. The maximum absolute atomic E-state index is 13.3. The summed E-state index contributed by atoms with van der Waals surface area (Å²) < 4.78 is 11.8. The normalized spacial score (nSPS) is 21.1. The molecule has 0 bridgehead atoms. The molecule has 2 fully saturated rings. The highest BCUT2D eigenvalue weighted by molar-refractivity contribution is 5.74. The number of carbonyl (C=O) groups is 1. The first-order valence-corrected chi connectivity index (χ1v) is 14.5. The zero-order valence-corrected chi connectivity index (χ0v) is 23.6. The molecule has 3 N–H and O–H groups in total. The molecule has 3 atom stereocenters. The maximum atomic E-state index is 13.3. The van der Waals surface area contributed by atoms with E-state index in [9.17, 15) is 9.90 Å². The number of carbonyl (C=O) groups excluding carboxylic acids is 1. The molecule has 2 aliphatic rings. The third-order valence-corrected chi connectivity index (χ3v) is 8.02. The first kappa shape index (κ1) is 29.7. The number of amides is 2. The van der Waals surface area contributed by atoms with Crippen LogP contribution >= 0.6 is 0 Å². The molecule has 210 valence electrons. The van der Waals surface area contributed by atoms with Gasteiger partial charge >= 0.3 is 6.03 Å². The van der Waals surface area contributed by atoms with Crippen molar-refractivity contribution < 1.29 is 19.4 Å². The summed E-state index contributed by atoms with van der Waals surface area (Å²) in [5, 5.41) is 18.9. The Morgan fingerprint density at radius 3 is 2.62 bits per heavy atom. The Hall–Kier alpha value is -1.83. The van der Waals surface area contributed by atoms with E-state index in [0.29, 0.717) is 25.5 Å². The first-order chi connectivity index (χ1) is 17.9. The second-order valence-corrected chi connectivity index (χ2v) is 11.5. The van der Waals surface area contributed by atoms with E-state index in [1.807, 2.05) is 36.2 Å². The summed E-state index contributed by atoms with van der Waals surface area (Å²) in [6.45, 7) is 7.05. The van der Waals surface area contributed by atoms with Crippen LogP contribution in [-0.2, 0) is 10.3 Å². The van der Waals surface area contributed by atoms with Gasteiger partial charge in [-0.05, 0) is 83.2 Å². The standard InChI is InChI=1S/C30H51N3O4/c1-23(2)20-25(21-31-3)32-29(34)33-18-11-12-24(22-33)30(35,17-9-10-19-36-4)27-15-7-8-16-28(27)37-26-13-5-6-14-26/h7-8,15-16,23-26,31,35H,5-6,9-14,17-22H2,1-4H3,(H,32,34)/t24-,25?,30+/m1/s1.